The van der Waals surface area contributed by atoms with Gasteiger partial charge in [-0.1, -0.05) is 7.90 Å². The van der Waals surface area contributed by atoms with Crippen LogP contribution in [0, 0.1) is 0 Å². The third-order valence-electron chi connectivity index (χ3n) is 0. The van der Waals surface area contributed by atoms with E-state index in [1.165, 1.54) is 0 Å². The molecule has 2 nitrogen and oxygen atoms in total. The van der Waals surface area contributed by atoms with Crippen LogP contribution in [0.3, 0.4) is 0 Å². The summed E-state index contributed by atoms with van der Waals surface area (Å²) in [6.45, 7) is 0. The van der Waals surface area contributed by atoms with E-state index < -0.39 is 7.90 Å². The monoisotopic (exact) mass is 174 g/mol. The molecule has 0 N–H and O–H groups in total. The van der Waals surface area contributed by atoms with E-state index in [0.717, 1.165) is 0 Å². The van der Waals surface area contributed by atoms with E-state index in [2.05, 4.69) is 23.3 Å². The molecule has 0 atom stereocenters. The molecule has 0 heterocycles. The maximum Gasteiger partial charge on any atom is 1.00 e. The summed E-state index contributed by atoms with van der Waals surface area (Å²) in [5, 5.41) is 0. The van der Waals surface area contributed by atoms with Gasteiger partial charge in [0.25, 0.3) is 0 Å². The van der Waals surface area contributed by atoms with Crippen LogP contribution >= 0.6 is 0 Å². The van der Waals surface area contributed by atoms with Gasteiger partial charge in [-0.25, -0.2) is 0 Å². The Labute approximate surface area is 96.9 Å². The van der Waals surface area contributed by atoms with Crippen LogP contribution < -0.4 is 59.1 Å². The smallest absolute Gasteiger partial charge is 0.676 e. The van der Waals surface area contributed by atoms with Gasteiger partial charge < -0.3 is 23.3 Å². The molecule has 0 aromatic carbocycles. The van der Waals surface area contributed by atoms with Crippen molar-refractivity contribution >= 4 is 31.2 Å². The van der Waals surface area contributed by atoms with Crippen molar-refractivity contribution < 1.29 is 67.5 Å². The van der Waals surface area contributed by atoms with E-state index in [0.29, 0.717) is 0 Å². The molecule has 0 aliphatic rings. The second-order valence-electron chi connectivity index (χ2n) is 0.408. The van der Waals surface area contributed by atoms with Crippen molar-refractivity contribution in [1.29, 1.82) is 0 Å². The number of hydrogen-bond acceptors (Lipinski definition) is 4. The zero-order chi connectivity index (χ0) is 4.50. The molecule has 0 aromatic rings. The van der Waals surface area contributed by atoms with Gasteiger partial charge in [-0.15, -0.1) is 0 Å². The molecule has 0 bridgehead atoms. The summed E-state index contributed by atoms with van der Waals surface area (Å²) in [6.07, 6.45) is 0. The summed E-state index contributed by atoms with van der Waals surface area (Å²) in [5.74, 6) is 0. The molecule has 0 radical (unpaired) electrons. The maximum atomic E-state index is 9.26. The first-order chi connectivity index (χ1) is 2.00. The third-order valence-corrected chi connectivity index (χ3v) is 0. The standard InChI is InChI=1S/2Na.H2O2S3/c;;1-5(2,3)4/h;;(H2,1,2,3,4)/q2*+1;/p-2. The maximum absolute atomic E-state index is 9.26. The van der Waals surface area contributed by atoms with Gasteiger partial charge in [0.2, 0.25) is 0 Å². The predicted molar refractivity (Wildman–Crippen MR) is 23.6 cm³/mol. The summed E-state index contributed by atoms with van der Waals surface area (Å²) in [7, 11) is -3.50. The van der Waals surface area contributed by atoms with Crippen molar-refractivity contribution in [2.75, 3.05) is 0 Å². The Morgan fingerprint density at radius 2 is 1.00 bits per heavy atom. The predicted octanol–water partition coefficient (Wildman–Crippen LogP) is -6.67. The Morgan fingerprint density at radius 3 is 1.00 bits per heavy atom. The van der Waals surface area contributed by atoms with Gasteiger partial charge in [-0.3, -0.25) is 8.42 Å². The Balaban J connectivity index is -0.0000000800. The van der Waals surface area contributed by atoms with Crippen LogP contribution in [0.25, 0.3) is 0 Å². The van der Waals surface area contributed by atoms with Gasteiger partial charge in [0.15, 0.2) is 0 Å². The molecule has 32 valence electrons. The molecule has 0 unspecified atom stereocenters. The minimum Gasteiger partial charge on any atom is -0.676 e. The SMILES string of the molecule is O=S(=O)([S-])[S-].[Na+].[Na+]. The van der Waals surface area contributed by atoms with E-state index in [-0.39, 0.29) is 59.1 Å². The zero-order valence-corrected chi connectivity index (χ0v) is 10.5. The van der Waals surface area contributed by atoms with Crippen LogP contribution in [-0.2, 0) is 31.2 Å². The summed E-state index contributed by atoms with van der Waals surface area (Å²) in [4.78, 5) is 0. The molecule has 0 saturated carbocycles. The second kappa shape index (κ2) is 6.77. The van der Waals surface area contributed by atoms with Crippen molar-refractivity contribution in [1.82, 2.24) is 0 Å². The molecular weight excluding hydrogens is 174 g/mol. The largest absolute Gasteiger partial charge is 1.00 e. The van der Waals surface area contributed by atoms with Gasteiger partial charge in [0.05, 0.1) is 0 Å². The summed E-state index contributed by atoms with van der Waals surface area (Å²) >= 11 is 7.23. The number of hydrogen-bond donors (Lipinski definition) is 0. The minimum atomic E-state index is -3.50. The van der Waals surface area contributed by atoms with Gasteiger partial charge in [0.1, 0.15) is 0 Å². The van der Waals surface area contributed by atoms with Crippen LogP contribution in [-0.4, -0.2) is 8.42 Å². The Kier molecular flexibility index (Phi) is 15.8. The van der Waals surface area contributed by atoms with E-state index in [9.17, 15) is 8.42 Å². The van der Waals surface area contributed by atoms with E-state index in [1.54, 1.807) is 0 Å². The normalized spacial score (nSPS) is 8.29. The van der Waals surface area contributed by atoms with Gasteiger partial charge in [-0.2, -0.15) is 0 Å². The Hall–Kier alpha value is 2.65. The van der Waals surface area contributed by atoms with E-state index in [4.69, 9.17) is 0 Å². The molecule has 0 aromatic heterocycles. The topological polar surface area (TPSA) is 34.1 Å². The first-order valence-corrected chi connectivity index (χ1v) is 4.00. The van der Waals surface area contributed by atoms with Crippen molar-refractivity contribution in [2.45, 2.75) is 0 Å². The molecule has 0 aliphatic heterocycles. The van der Waals surface area contributed by atoms with Crippen LogP contribution in [0.4, 0.5) is 0 Å². The molecule has 7 heavy (non-hydrogen) atoms. The second-order valence-corrected chi connectivity index (χ2v) is 4.49. The van der Waals surface area contributed by atoms with Crippen molar-refractivity contribution in [2.24, 2.45) is 0 Å². The summed E-state index contributed by atoms with van der Waals surface area (Å²) < 4.78 is 18.5. The van der Waals surface area contributed by atoms with Crippen molar-refractivity contribution in [3.05, 3.63) is 0 Å². The molecule has 0 rings (SSSR count). The van der Waals surface area contributed by atoms with E-state index >= 15 is 0 Å². The fraction of sp³-hybridized carbons (Fsp3) is 0. The van der Waals surface area contributed by atoms with E-state index in [1.807, 2.05) is 0 Å². The average molecular weight is 174 g/mol. The summed E-state index contributed by atoms with van der Waals surface area (Å²) in [5.41, 5.74) is 0. The molecule has 0 amide bonds. The summed E-state index contributed by atoms with van der Waals surface area (Å²) in [6, 6.07) is 0. The first-order valence-electron chi connectivity index (χ1n) is 0.667. The van der Waals surface area contributed by atoms with Crippen molar-refractivity contribution in [3.8, 4) is 0 Å². The van der Waals surface area contributed by atoms with Gasteiger partial charge in [0, 0.05) is 0 Å². The van der Waals surface area contributed by atoms with Gasteiger partial charge >= 0.3 is 59.1 Å². The Bertz CT molecular complexity index is 94.1. The molecule has 0 fully saturated rings. The molecule has 0 aliphatic carbocycles. The number of rotatable bonds is 0. The first kappa shape index (κ1) is 16.3. The van der Waals surface area contributed by atoms with Gasteiger partial charge in [-0.05, 0) is 0 Å². The molecule has 7 heteroatoms. The quantitative estimate of drug-likeness (QED) is 0.208. The van der Waals surface area contributed by atoms with Crippen LogP contribution in [0.2, 0.25) is 0 Å². The Morgan fingerprint density at radius 1 is 1.00 bits per heavy atom. The molecule has 0 saturated heterocycles. The average Bonchev–Trinajstić information content (AvgIpc) is 0.722. The third kappa shape index (κ3) is 54.5. The fourth-order valence-electron chi connectivity index (χ4n) is 0. The van der Waals surface area contributed by atoms with Crippen molar-refractivity contribution in [3.63, 3.8) is 0 Å². The van der Waals surface area contributed by atoms with Crippen LogP contribution in [0.15, 0.2) is 0 Å². The molecular formula is Na2O2S3. The minimum absolute atomic E-state index is 0. The van der Waals surface area contributed by atoms with Crippen LogP contribution in [0.1, 0.15) is 0 Å². The molecule has 0 spiro atoms. The van der Waals surface area contributed by atoms with Crippen LogP contribution in [0.5, 0.6) is 0 Å². The zero-order valence-electron chi connectivity index (χ0n) is 4.04. The fourth-order valence-corrected chi connectivity index (χ4v) is 0.